The molecule has 1 aromatic rings. The molecule has 4 heterocycles. The fourth-order valence-corrected chi connectivity index (χ4v) is 5.72. The number of thiophene rings is 1. The minimum absolute atomic E-state index is 0.00214. The SMILES string of the molecule is O=C(C1=C[C@H](c2cccs2)C[C@H](OCCCCO)O1)N1CCC(N2CCCCC2)CC1. The lowest BCUT2D eigenvalue weighted by Crippen LogP contribution is -2.49. The maximum atomic E-state index is 13.3. The Bertz CT molecular complexity index is 709. The van der Waals surface area contributed by atoms with Crippen molar-refractivity contribution in [3.05, 3.63) is 34.2 Å². The number of unbranched alkanes of at least 4 members (excludes halogenated alkanes) is 1. The van der Waals surface area contributed by atoms with Gasteiger partial charge >= 0.3 is 0 Å². The summed E-state index contributed by atoms with van der Waals surface area (Å²) in [6.07, 6.45) is 9.88. The molecule has 1 aromatic heterocycles. The lowest BCUT2D eigenvalue weighted by Gasteiger charge is -2.40. The van der Waals surface area contributed by atoms with E-state index in [4.69, 9.17) is 14.6 Å². The number of nitrogens with zero attached hydrogens (tertiary/aromatic N) is 2. The molecule has 4 rings (SSSR count). The van der Waals surface area contributed by atoms with Crippen LogP contribution in [-0.4, -0.2) is 72.5 Å². The van der Waals surface area contributed by atoms with Crippen LogP contribution in [0.5, 0.6) is 0 Å². The summed E-state index contributed by atoms with van der Waals surface area (Å²) >= 11 is 1.71. The van der Waals surface area contributed by atoms with Crippen molar-refractivity contribution in [1.82, 2.24) is 9.80 Å². The van der Waals surface area contributed by atoms with Gasteiger partial charge in [0.25, 0.3) is 5.91 Å². The van der Waals surface area contributed by atoms with Gasteiger partial charge in [0.1, 0.15) is 0 Å². The van der Waals surface area contributed by atoms with E-state index in [1.807, 2.05) is 17.0 Å². The molecule has 0 unspecified atom stereocenters. The average molecular weight is 449 g/mol. The number of likely N-dealkylation sites (tertiary alicyclic amines) is 2. The minimum atomic E-state index is -0.416. The van der Waals surface area contributed by atoms with Gasteiger partial charge in [-0.1, -0.05) is 12.5 Å². The Kier molecular flexibility index (Phi) is 8.41. The molecule has 31 heavy (non-hydrogen) atoms. The van der Waals surface area contributed by atoms with Crippen molar-refractivity contribution in [3.8, 4) is 0 Å². The molecule has 7 heteroatoms. The first-order valence-corrected chi connectivity index (χ1v) is 12.8. The van der Waals surface area contributed by atoms with Crippen LogP contribution in [0.3, 0.4) is 0 Å². The number of piperidine rings is 2. The first kappa shape index (κ1) is 22.8. The van der Waals surface area contributed by atoms with E-state index in [0.29, 0.717) is 31.2 Å². The van der Waals surface area contributed by atoms with E-state index < -0.39 is 6.29 Å². The van der Waals surface area contributed by atoms with E-state index in [1.165, 1.54) is 37.2 Å². The minimum Gasteiger partial charge on any atom is -0.459 e. The van der Waals surface area contributed by atoms with E-state index in [1.54, 1.807) is 11.3 Å². The maximum absolute atomic E-state index is 13.3. The van der Waals surface area contributed by atoms with Gasteiger partial charge in [0.2, 0.25) is 6.29 Å². The van der Waals surface area contributed by atoms with Gasteiger partial charge in [-0.15, -0.1) is 11.3 Å². The van der Waals surface area contributed by atoms with Crippen molar-refractivity contribution < 1.29 is 19.4 Å². The van der Waals surface area contributed by atoms with E-state index in [-0.39, 0.29) is 18.4 Å². The molecule has 0 saturated carbocycles. The summed E-state index contributed by atoms with van der Waals surface area (Å²) in [7, 11) is 0. The van der Waals surface area contributed by atoms with E-state index in [2.05, 4.69) is 16.3 Å². The van der Waals surface area contributed by atoms with Gasteiger partial charge < -0.3 is 24.4 Å². The Morgan fingerprint density at radius 3 is 2.68 bits per heavy atom. The number of carbonyl (C=O) groups excluding carboxylic acids is 1. The van der Waals surface area contributed by atoms with Crippen molar-refractivity contribution in [2.75, 3.05) is 39.4 Å². The van der Waals surface area contributed by atoms with Gasteiger partial charge in [-0.05, 0) is 69.1 Å². The Hall–Kier alpha value is -1.41. The fourth-order valence-electron chi connectivity index (χ4n) is 4.91. The van der Waals surface area contributed by atoms with Gasteiger partial charge in [-0.3, -0.25) is 4.79 Å². The second-order valence-electron chi connectivity index (χ2n) is 8.86. The highest BCUT2D eigenvalue weighted by Crippen LogP contribution is 2.34. The second kappa shape index (κ2) is 11.5. The van der Waals surface area contributed by atoms with Gasteiger partial charge in [0.05, 0.1) is 6.61 Å². The van der Waals surface area contributed by atoms with Gasteiger partial charge in [-0.2, -0.15) is 0 Å². The van der Waals surface area contributed by atoms with Crippen molar-refractivity contribution in [3.63, 3.8) is 0 Å². The average Bonchev–Trinajstić information content (AvgIpc) is 3.37. The molecule has 172 valence electrons. The van der Waals surface area contributed by atoms with Gasteiger partial charge in [-0.25, -0.2) is 0 Å². The standard InChI is InChI=1S/C24H36N2O4S/c27-14-4-5-15-29-23-18-19(22-7-6-16-31-22)17-21(30-23)24(28)26-12-8-20(9-13-26)25-10-2-1-3-11-25/h6-7,16-17,19-20,23,27H,1-5,8-15,18H2/t19-,23+/m0/s1. The summed E-state index contributed by atoms with van der Waals surface area (Å²) in [5.74, 6) is 0.581. The van der Waals surface area contributed by atoms with Crippen LogP contribution in [0.25, 0.3) is 0 Å². The number of carbonyl (C=O) groups is 1. The Morgan fingerprint density at radius 2 is 1.97 bits per heavy atom. The molecule has 1 amide bonds. The topological polar surface area (TPSA) is 62.2 Å². The van der Waals surface area contributed by atoms with Crippen LogP contribution >= 0.6 is 11.3 Å². The largest absolute Gasteiger partial charge is 0.459 e. The lowest BCUT2D eigenvalue weighted by molar-refractivity contribution is -0.153. The predicted molar refractivity (Wildman–Crippen MR) is 122 cm³/mol. The Morgan fingerprint density at radius 1 is 1.16 bits per heavy atom. The molecular weight excluding hydrogens is 412 g/mol. The van der Waals surface area contributed by atoms with Gasteiger partial charge in [0, 0.05) is 43.0 Å². The number of rotatable bonds is 8. The van der Waals surface area contributed by atoms with Crippen molar-refractivity contribution in [1.29, 1.82) is 0 Å². The molecule has 0 aliphatic carbocycles. The maximum Gasteiger partial charge on any atom is 0.288 e. The third-order valence-corrected chi connectivity index (χ3v) is 7.70. The molecule has 1 N–H and O–H groups in total. The molecule has 3 aliphatic rings. The predicted octanol–water partition coefficient (Wildman–Crippen LogP) is 3.73. The number of aliphatic hydroxyl groups excluding tert-OH is 1. The molecule has 2 fully saturated rings. The fraction of sp³-hybridized carbons (Fsp3) is 0.708. The monoisotopic (exact) mass is 448 g/mol. The Balaban J connectivity index is 1.36. The quantitative estimate of drug-likeness (QED) is 0.614. The molecule has 6 nitrogen and oxygen atoms in total. The van der Waals surface area contributed by atoms with E-state index in [0.717, 1.165) is 32.4 Å². The number of amides is 1. The van der Waals surface area contributed by atoms with E-state index >= 15 is 0 Å². The highest BCUT2D eigenvalue weighted by atomic mass is 32.1. The van der Waals surface area contributed by atoms with Gasteiger partial charge in [0.15, 0.2) is 5.76 Å². The Labute approximate surface area is 189 Å². The third-order valence-electron chi connectivity index (χ3n) is 6.69. The van der Waals surface area contributed by atoms with E-state index in [9.17, 15) is 4.79 Å². The summed E-state index contributed by atoms with van der Waals surface area (Å²) in [5.41, 5.74) is 0. The first-order valence-electron chi connectivity index (χ1n) is 11.9. The number of ether oxygens (including phenoxy) is 2. The summed E-state index contributed by atoms with van der Waals surface area (Å²) in [6.45, 7) is 4.73. The van der Waals surface area contributed by atoms with Crippen molar-refractivity contribution in [2.24, 2.45) is 0 Å². The third kappa shape index (κ3) is 6.09. The summed E-state index contributed by atoms with van der Waals surface area (Å²) < 4.78 is 12.0. The van der Waals surface area contributed by atoms with Crippen LogP contribution in [0.4, 0.5) is 0 Å². The summed E-state index contributed by atoms with van der Waals surface area (Å²) in [4.78, 5) is 19.1. The summed E-state index contributed by atoms with van der Waals surface area (Å²) in [5, 5.41) is 11.1. The molecule has 3 aliphatic heterocycles. The number of hydrogen-bond donors (Lipinski definition) is 1. The zero-order valence-electron chi connectivity index (χ0n) is 18.4. The van der Waals surface area contributed by atoms with Crippen LogP contribution in [-0.2, 0) is 14.3 Å². The second-order valence-corrected chi connectivity index (χ2v) is 9.84. The van der Waals surface area contributed by atoms with Crippen LogP contribution < -0.4 is 0 Å². The highest BCUT2D eigenvalue weighted by molar-refractivity contribution is 7.10. The molecule has 0 spiro atoms. The molecule has 0 aromatic carbocycles. The lowest BCUT2D eigenvalue weighted by atomic mass is 9.98. The van der Waals surface area contributed by atoms with Crippen LogP contribution in [0, 0.1) is 0 Å². The van der Waals surface area contributed by atoms with Crippen LogP contribution in [0.15, 0.2) is 29.3 Å². The molecular formula is C24H36N2O4S. The summed E-state index contributed by atoms with van der Waals surface area (Å²) in [6, 6.07) is 4.78. The van der Waals surface area contributed by atoms with Crippen LogP contribution in [0.2, 0.25) is 0 Å². The number of aliphatic hydroxyl groups is 1. The zero-order valence-corrected chi connectivity index (χ0v) is 19.2. The van der Waals surface area contributed by atoms with Crippen molar-refractivity contribution in [2.45, 2.75) is 69.6 Å². The first-order chi connectivity index (χ1) is 15.2. The van der Waals surface area contributed by atoms with Crippen molar-refractivity contribution >= 4 is 17.2 Å². The zero-order chi connectivity index (χ0) is 21.5. The number of hydrogen-bond acceptors (Lipinski definition) is 6. The van der Waals surface area contributed by atoms with Crippen LogP contribution in [0.1, 0.15) is 62.2 Å². The molecule has 0 bridgehead atoms. The molecule has 2 saturated heterocycles. The molecule has 0 radical (unpaired) electrons. The number of allylic oxidation sites excluding steroid dienone is 1. The smallest absolute Gasteiger partial charge is 0.288 e. The normalized spacial score (nSPS) is 25.8. The molecule has 2 atom stereocenters. The highest BCUT2D eigenvalue weighted by Gasteiger charge is 2.34.